The number of hydrogen-bond donors (Lipinski definition) is 0. The van der Waals surface area contributed by atoms with Crippen molar-refractivity contribution in [3.05, 3.63) is 20.8 Å². The van der Waals surface area contributed by atoms with Gasteiger partial charge in [0.1, 0.15) is 0 Å². The van der Waals surface area contributed by atoms with Gasteiger partial charge >= 0.3 is 0 Å². The fourth-order valence-electron chi connectivity index (χ4n) is 2.34. The van der Waals surface area contributed by atoms with Gasteiger partial charge in [0, 0.05) is 26.7 Å². The molecule has 0 radical (unpaired) electrons. The zero-order valence-corrected chi connectivity index (χ0v) is 12.2. The van der Waals surface area contributed by atoms with Crippen LogP contribution < -0.4 is 0 Å². The largest absolute Gasteiger partial charge is 0.294 e. The van der Waals surface area contributed by atoms with Crippen molar-refractivity contribution < 1.29 is 4.79 Å². The van der Waals surface area contributed by atoms with Gasteiger partial charge in [-0.3, -0.25) is 4.79 Å². The average molecular weight is 301 g/mol. The summed E-state index contributed by atoms with van der Waals surface area (Å²) in [5.74, 6) is 0.586. The number of ketones is 1. The Labute approximate surface area is 109 Å². The van der Waals surface area contributed by atoms with Crippen LogP contribution in [0.15, 0.2) is 15.2 Å². The SMILES string of the molecule is CC1(C)CCC(C(=O)c2cscc2Br)CC1. The van der Waals surface area contributed by atoms with Crippen molar-refractivity contribution in [2.24, 2.45) is 11.3 Å². The first-order valence-electron chi connectivity index (χ1n) is 5.75. The second-order valence-electron chi connectivity index (χ2n) is 5.44. The number of carbonyl (C=O) groups excluding carboxylic acids is 1. The predicted octanol–water partition coefficient (Wildman–Crippen LogP) is 4.91. The van der Waals surface area contributed by atoms with E-state index in [2.05, 4.69) is 29.8 Å². The van der Waals surface area contributed by atoms with E-state index in [0.29, 0.717) is 11.2 Å². The normalized spacial score (nSPS) is 20.9. The van der Waals surface area contributed by atoms with Crippen LogP contribution in [0.3, 0.4) is 0 Å². The average Bonchev–Trinajstić information content (AvgIpc) is 2.63. The molecule has 0 atom stereocenters. The quantitative estimate of drug-likeness (QED) is 0.709. The van der Waals surface area contributed by atoms with Crippen LogP contribution in [0.2, 0.25) is 0 Å². The van der Waals surface area contributed by atoms with Crippen LogP contribution in [0, 0.1) is 11.3 Å². The number of thiophene rings is 1. The molecule has 2 rings (SSSR count). The van der Waals surface area contributed by atoms with E-state index >= 15 is 0 Å². The maximum absolute atomic E-state index is 12.3. The second kappa shape index (κ2) is 4.61. The molecule has 1 fully saturated rings. The molecule has 1 nitrogen and oxygen atoms in total. The Morgan fingerprint density at radius 3 is 2.50 bits per heavy atom. The Bertz CT molecular complexity index is 384. The summed E-state index contributed by atoms with van der Waals surface area (Å²) in [6, 6.07) is 0. The third kappa shape index (κ3) is 2.57. The van der Waals surface area contributed by atoms with Gasteiger partial charge in [0.15, 0.2) is 5.78 Å². The van der Waals surface area contributed by atoms with Crippen LogP contribution in [0.5, 0.6) is 0 Å². The van der Waals surface area contributed by atoms with E-state index in [-0.39, 0.29) is 5.92 Å². The molecule has 1 aromatic rings. The summed E-state index contributed by atoms with van der Waals surface area (Å²) in [4.78, 5) is 12.3. The monoisotopic (exact) mass is 300 g/mol. The topological polar surface area (TPSA) is 17.1 Å². The number of rotatable bonds is 2. The molecule has 0 amide bonds. The third-order valence-electron chi connectivity index (χ3n) is 3.59. The van der Waals surface area contributed by atoms with Crippen molar-refractivity contribution in [2.45, 2.75) is 39.5 Å². The molecule has 3 heteroatoms. The molecule has 0 unspecified atom stereocenters. The van der Waals surface area contributed by atoms with Gasteiger partial charge in [0.05, 0.1) is 0 Å². The van der Waals surface area contributed by atoms with Crippen LogP contribution in [0.1, 0.15) is 49.9 Å². The minimum atomic E-state index is 0.249. The zero-order chi connectivity index (χ0) is 11.8. The van der Waals surface area contributed by atoms with Crippen LogP contribution in [-0.4, -0.2) is 5.78 Å². The van der Waals surface area contributed by atoms with Crippen LogP contribution in [-0.2, 0) is 0 Å². The molecule has 1 heterocycles. The number of halogens is 1. The summed E-state index contributed by atoms with van der Waals surface area (Å²) in [6.07, 6.45) is 4.44. The van der Waals surface area contributed by atoms with Gasteiger partial charge in [-0.1, -0.05) is 13.8 Å². The van der Waals surface area contributed by atoms with Crippen molar-refractivity contribution in [3.8, 4) is 0 Å². The van der Waals surface area contributed by atoms with E-state index in [0.717, 1.165) is 22.9 Å². The molecule has 16 heavy (non-hydrogen) atoms. The maximum atomic E-state index is 12.3. The van der Waals surface area contributed by atoms with Gasteiger partial charge in [-0.05, 0) is 47.0 Å². The standard InChI is InChI=1S/C13H17BrOS/c1-13(2)5-3-9(4-6-13)12(15)10-7-16-8-11(10)14/h7-9H,3-6H2,1-2H3. The highest BCUT2D eigenvalue weighted by molar-refractivity contribution is 9.10. The van der Waals surface area contributed by atoms with Crippen molar-refractivity contribution >= 4 is 33.0 Å². The molecule has 0 bridgehead atoms. The van der Waals surface area contributed by atoms with Crippen LogP contribution in [0.25, 0.3) is 0 Å². The van der Waals surface area contributed by atoms with Crippen LogP contribution in [0.4, 0.5) is 0 Å². The van der Waals surface area contributed by atoms with Crippen molar-refractivity contribution in [3.63, 3.8) is 0 Å². The minimum Gasteiger partial charge on any atom is -0.294 e. The number of Topliss-reactive ketones (excluding diaryl/α,β-unsaturated/α-hetero) is 1. The molecule has 0 aromatic carbocycles. The molecular formula is C13H17BrOS. The summed E-state index contributed by atoms with van der Waals surface area (Å²) in [5.41, 5.74) is 1.32. The highest BCUT2D eigenvalue weighted by Crippen LogP contribution is 2.40. The van der Waals surface area contributed by atoms with E-state index in [1.54, 1.807) is 11.3 Å². The summed E-state index contributed by atoms with van der Waals surface area (Å²) in [5, 5.41) is 3.95. The summed E-state index contributed by atoms with van der Waals surface area (Å²) < 4.78 is 0.965. The third-order valence-corrected chi connectivity index (χ3v) is 5.29. The Balaban J connectivity index is 2.05. The van der Waals surface area contributed by atoms with Gasteiger partial charge in [0.25, 0.3) is 0 Å². The van der Waals surface area contributed by atoms with Gasteiger partial charge in [-0.2, -0.15) is 11.3 Å². The van der Waals surface area contributed by atoms with E-state index < -0.39 is 0 Å². The van der Waals surface area contributed by atoms with Crippen molar-refractivity contribution in [2.75, 3.05) is 0 Å². The number of carbonyl (C=O) groups is 1. The lowest BCUT2D eigenvalue weighted by atomic mass is 9.71. The first kappa shape index (κ1) is 12.3. The van der Waals surface area contributed by atoms with E-state index in [9.17, 15) is 4.79 Å². The maximum Gasteiger partial charge on any atom is 0.167 e. The minimum absolute atomic E-state index is 0.249. The summed E-state index contributed by atoms with van der Waals surface area (Å²) in [7, 11) is 0. The van der Waals surface area contributed by atoms with Crippen molar-refractivity contribution in [1.82, 2.24) is 0 Å². The van der Waals surface area contributed by atoms with Gasteiger partial charge < -0.3 is 0 Å². The molecule has 0 spiro atoms. The molecule has 0 aliphatic heterocycles. The van der Waals surface area contributed by atoms with Crippen LogP contribution >= 0.6 is 27.3 Å². The molecule has 88 valence electrons. The van der Waals surface area contributed by atoms with E-state index in [4.69, 9.17) is 0 Å². The molecule has 1 aromatic heterocycles. The molecule has 1 aliphatic rings. The number of hydrogen-bond acceptors (Lipinski definition) is 2. The van der Waals surface area contributed by atoms with Crippen molar-refractivity contribution in [1.29, 1.82) is 0 Å². The highest BCUT2D eigenvalue weighted by atomic mass is 79.9. The molecule has 1 saturated carbocycles. The Hall–Kier alpha value is -0.150. The second-order valence-corrected chi connectivity index (χ2v) is 7.03. The smallest absolute Gasteiger partial charge is 0.167 e. The zero-order valence-electron chi connectivity index (χ0n) is 9.75. The molecule has 0 saturated heterocycles. The summed E-state index contributed by atoms with van der Waals surface area (Å²) >= 11 is 5.04. The van der Waals surface area contributed by atoms with E-state index in [1.807, 2.05) is 10.8 Å². The Morgan fingerprint density at radius 1 is 1.38 bits per heavy atom. The molecular weight excluding hydrogens is 284 g/mol. The van der Waals surface area contributed by atoms with Gasteiger partial charge in [-0.15, -0.1) is 0 Å². The van der Waals surface area contributed by atoms with E-state index in [1.165, 1.54) is 12.8 Å². The Morgan fingerprint density at radius 2 is 2.00 bits per heavy atom. The first-order valence-corrected chi connectivity index (χ1v) is 7.49. The molecule has 0 N–H and O–H groups in total. The van der Waals surface area contributed by atoms with Gasteiger partial charge in [-0.25, -0.2) is 0 Å². The highest BCUT2D eigenvalue weighted by Gasteiger charge is 2.31. The van der Waals surface area contributed by atoms with Gasteiger partial charge in [0.2, 0.25) is 0 Å². The lowest BCUT2D eigenvalue weighted by molar-refractivity contribution is 0.0838. The molecule has 1 aliphatic carbocycles. The first-order chi connectivity index (χ1) is 7.49. The summed E-state index contributed by atoms with van der Waals surface area (Å²) in [6.45, 7) is 4.60. The fraction of sp³-hybridized carbons (Fsp3) is 0.615. The lowest BCUT2D eigenvalue weighted by Crippen LogP contribution is -2.26. The lowest BCUT2D eigenvalue weighted by Gasteiger charge is -2.33. The fourth-order valence-corrected chi connectivity index (χ4v) is 3.82. The predicted molar refractivity (Wildman–Crippen MR) is 72.1 cm³/mol. The Kier molecular flexibility index (Phi) is 3.55.